The molecule has 1 heterocycles. The lowest BCUT2D eigenvalue weighted by molar-refractivity contribution is -0.137. The summed E-state index contributed by atoms with van der Waals surface area (Å²) in [6.45, 7) is 0.748. The average Bonchev–Trinajstić information content (AvgIpc) is 2.91. The van der Waals surface area contributed by atoms with Crippen molar-refractivity contribution < 1.29 is 13.2 Å². The number of benzene rings is 2. The number of rotatable bonds is 4. The van der Waals surface area contributed by atoms with Gasteiger partial charge in [-0.1, -0.05) is 17.7 Å². The molecule has 24 heavy (non-hydrogen) atoms. The van der Waals surface area contributed by atoms with Crippen molar-refractivity contribution in [1.29, 1.82) is 0 Å². The second-order valence-electron chi connectivity index (χ2n) is 5.42. The summed E-state index contributed by atoms with van der Waals surface area (Å²) in [5.41, 5.74) is 2.47. The lowest BCUT2D eigenvalue weighted by Crippen LogP contribution is -2.05. The van der Waals surface area contributed by atoms with Gasteiger partial charge in [0.25, 0.3) is 0 Å². The van der Waals surface area contributed by atoms with Gasteiger partial charge < -0.3 is 15.6 Å². The van der Waals surface area contributed by atoms with Gasteiger partial charge in [-0.3, -0.25) is 0 Å². The third kappa shape index (κ3) is 3.34. The van der Waals surface area contributed by atoms with Gasteiger partial charge in [0.15, 0.2) is 0 Å². The average molecular weight is 354 g/mol. The van der Waals surface area contributed by atoms with Crippen LogP contribution in [-0.2, 0) is 12.7 Å². The van der Waals surface area contributed by atoms with Gasteiger partial charge in [-0.15, -0.1) is 0 Å². The van der Waals surface area contributed by atoms with Crippen LogP contribution in [0.15, 0.2) is 42.6 Å². The molecule has 0 aliphatic heterocycles. The van der Waals surface area contributed by atoms with Crippen LogP contribution in [0.4, 0.5) is 24.5 Å². The van der Waals surface area contributed by atoms with Crippen LogP contribution in [-0.4, -0.2) is 12.0 Å². The molecule has 0 unspecified atom stereocenters. The molecule has 3 aromatic rings. The van der Waals surface area contributed by atoms with Crippen LogP contribution in [0.1, 0.15) is 11.1 Å². The maximum absolute atomic E-state index is 12.7. The van der Waals surface area contributed by atoms with Gasteiger partial charge in [0.2, 0.25) is 0 Å². The third-order valence-corrected chi connectivity index (χ3v) is 4.02. The summed E-state index contributed by atoms with van der Waals surface area (Å²) in [6, 6.07) is 8.97. The number of hydrogen-bond donors (Lipinski definition) is 3. The minimum absolute atomic E-state index is 0.0206. The molecule has 126 valence electrons. The van der Waals surface area contributed by atoms with Crippen LogP contribution >= 0.6 is 11.6 Å². The van der Waals surface area contributed by atoms with Gasteiger partial charge in [-0.05, 0) is 42.9 Å². The molecule has 3 rings (SSSR count). The SMILES string of the molecule is CNCc1c[nH]c2cc(Nc3ccc(C(F)(F)F)cc3Cl)ccc12. The molecule has 0 atom stereocenters. The van der Waals surface area contributed by atoms with E-state index in [2.05, 4.69) is 15.6 Å². The fraction of sp³-hybridized carbons (Fsp3) is 0.176. The molecule has 3 N–H and O–H groups in total. The maximum Gasteiger partial charge on any atom is 0.416 e. The number of aromatic amines is 1. The molecule has 0 spiro atoms. The number of H-pyrrole nitrogens is 1. The zero-order valence-electron chi connectivity index (χ0n) is 12.8. The fourth-order valence-corrected chi connectivity index (χ4v) is 2.78. The van der Waals surface area contributed by atoms with Crippen LogP contribution in [0.2, 0.25) is 5.02 Å². The Hall–Kier alpha value is -2.18. The molecule has 0 saturated carbocycles. The van der Waals surface area contributed by atoms with Crippen LogP contribution in [0.25, 0.3) is 10.9 Å². The molecular formula is C17H15ClF3N3. The Labute approximate surface area is 141 Å². The number of halogens is 4. The Morgan fingerprint density at radius 1 is 1.12 bits per heavy atom. The largest absolute Gasteiger partial charge is 0.416 e. The van der Waals surface area contributed by atoms with Crippen LogP contribution in [0.5, 0.6) is 0 Å². The second kappa shape index (κ2) is 6.37. The van der Waals surface area contributed by atoms with E-state index < -0.39 is 11.7 Å². The van der Waals surface area contributed by atoms with Crippen molar-refractivity contribution in [2.75, 3.05) is 12.4 Å². The van der Waals surface area contributed by atoms with E-state index in [4.69, 9.17) is 11.6 Å². The van der Waals surface area contributed by atoms with E-state index in [1.54, 1.807) is 0 Å². The van der Waals surface area contributed by atoms with Gasteiger partial charge in [0.1, 0.15) is 0 Å². The van der Waals surface area contributed by atoms with E-state index in [1.165, 1.54) is 6.07 Å². The number of nitrogens with one attached hydrogen (secondary N) is 3. The molecule has 2 aromatic carbocycles. The van der Waals surface area contributed by atoms with Gasteiger partial charge in [0, 0.05) is 29.3 Å². The van der Waals surface area contributed by atoms with E-state index in [0.717, 1.165) is 40.8 Å². The number of alkyl halides is 3. The third-order valence-electron chi connectivity index (χ3n) is 3.71. The standard InChI is InChI=1S/C17H15ClF3N3/c1-22-8-10-9-23-16-7-12(3-4-13(10)16)24-15-5-2-11(6-14(15)18)17(19,20)21/h2-7,9,22-24H,8H2,1H3. The van der Waals surface area contributed by atoms with Crippen LogP contribution in [0.3, 0.4) is 0 Å². The first-order valence-electron chi connectivity index (χ1n) is 7.27. The highest BCUT2D eigenvalue weighted by Crippen LogP contribution is 2.35. The van der Waals surface area contributed by atoms with Crippen molar-refractivity contribution in [2.45, 2.75) is 12.7 Å². The van der Waals surface area contributed by atoms with Crippen molar-refractivity contribution in [3.8, 4) is 0 Å². The predicted octanol–water partition coefficient (Wildman–Crippen LogP) is 5.30. The van der Waals surface area contributed by atoms with E-state index in [1.807, 2.05) is 31.4 Å². The van der Waals surface area contributed by atoms with Crippen molar-refractivity contribution in [2.24, 2.45) is 0 Å². The lowest BCUT2D eigenvalue weighted by atomic mass is 10.1. The molecule has 3 nitrogen and oxygen atoms in total. The first-order chi connectivity index (χ1) is 11.4. The Morgan fingerprint density at radius 3 is 2.58 bits per heavy atom. The predicted molar refractivity (Wildman–Crippen MR) is 90.8 cm³/mol. The van der Waals surface area contributed by atoms with E-state index in [0.29, 0.717) is 5.69 Å². The Bertz CT molecular complexity index is 871. The number of fused-ring (bicyclic) bond motifs is 1. The van der Waals surface area contributed by atoms with Gasteiger partial charge in [-0.2, -0.15) is 13.2 Å². The molecular weight excluding hydrogens is 339 g/mol. The molecule has 0 amide bonds. The first kappa shape index (κ1) is 16.7. The van der Waals surface area contributed by atoms with Crippen molar-refractivity contribution >= 4 is 33.9 Å². The summed E-state index contributed by atoms with van der Waals surface area (Å²) in [7, 11) is 1.88. The highest BCUT2D eigenvalue weighted by molar-refractivity contribution is 6.33. The minimum atomic E-state index is -4.41. The minimum Gasteiger partial charge on any atom is -0.361 e. The van der Waals surface area contributed by atoms with Crippen LogP contribution in [0, 0.1) is 0 Å². The van der Waals surface area contributed by atoms with E-state index in [-0.39, 0.29) is 5.02 Å². The summed E-state index contributed by atoms with van der Waals surface area (Å²) >= 11 is 5.97. The molecule has 7 heteroatoms. The zero-order valence-corrected chi connectivity index (χ0v) is 13.5. The maximum atomic E-state index is 12.7. The van der Waals surface area contributed by atoms with E-state index >= 15 is 0 Å². The van der Waals surface area contributed by atoms with Crippen molar-refractivity contribution in [1.82, 2.24) is 10.3 Å². The summed E-state index contributed by atoms with van der Waals surface area (Å²) < 4.78 is 38.0. The molecule has 0 radical (unpaired) electrons. The first-order valence-corrected chi connectivity index (χ1v) is 7.64. The summed E-state index contributed by atoms with van der Waals surface area (Å²) in [5, 5.41) is 7.26. The second-order valence-corrected chi connectivity index (χ2v) is 5.83. The normalized spacial score (nSPS) is 11.9. The number of anilines is 2. The monoisotopic (exact) mass is 353 g/mol. The van der Waals surface area contributed by atoms with Gasteiger partial charge >= 0.3 is 6.18 Å². The fourth-order valence-electron chi connectivity index (χ4n) is 2.55. The Morgan fingerprint density at radius 2 is 1.92 bits per heavy atom. The molecule has 0 fully saturated rings. The Kier molecular flexibility index (Phi) is 4.43. The topological polar surface area (TPSA) is 39.9 Å². The van der Waals surface area contributed by atoms with Gasteiger partial charge in [-0.25, -0.2) is 0 Å². The zero-order chi connectivity index (χ0) is 17.3. The lowest BCUT2D eigenvalue weighted by Gasteiger charge is -2.12. The molecule has 0 saturated heterocycles. The molecule has 1 aromatic heterocycles. The number of aromatic nitrogens is 1. The highest BCUT2D eigenvalue weighted by atomic mass is 35.5. The van der Waals surface area contributed by atoms with Gasteiger partial charge in [0.05, 0.1) is 16.3 Å². The molecule has 0 aliphatic carbocycles. The van der Waals surface area contributed by atoms with E-state index in [9.17, 15) is 13.2 Å². The van der Waals surface area contributed by atoms with Crippen LogP contribution < -0.4 is 10.6 Å². The highest BCUT2D eigenvalue weighted by Gasteiger charge is 2.30. The summed E-state index contributed by atoms with van der Waals surface area (Å²) in [5.74, 6) is 0. The summed E-state index contributed by atoms with van der Waals surface area (Å²) in [6.07, 6.45) is -2.48. The van der Waals surface area contributed by atoms with Crippen molar-refractivity contribution in [3.05, 3.63) is 58.7 Å². The quantitative estimate of drug-likeness (QED) is 0.595. The smallest absolute Gasteiger partial charge is 0.361 e. The molecule has 0 aliphatic rings. The number of hydrogen-bond acceptors (Lipinski definition) is 2. The van der Waals surface area contributed by atoms with Crippen molar-refractivity contribution in [3.63, 3.8) is 0 Å². The molecule has 0 bridgehead atoms. The Balaban J connectivity index is 1.87. The summed E-state index contributed by atoms with van der Waals surface area (Å²) in [4.78, 5) is 3.18.